The topological polar surface area (TPSA) is 106 Å². The molecule has 0 bridgehead atoms. The van der Waals surface area contributed by atoms with Gasteiger partial charge in [-0.05, 0) is 11.3 Å². The highest BCUT2D eigenvalue weighted by molar-refractivity contribution is 5.85. The normalized spacial score (nSPS) is 10.9. The zero-order valence-electron chi connectivity index (χ0n) is 13.6. The molecule has 1 aromatic carbocycles. The van der Waals surface area contributed by atoms with Crippen LogP contribution in [0.5, 0.6) is 0 Å². The van der Waals surface area contributed by atoms with Gasteiger partial charge < -0.3 is 10.5 Å². The number of carbonyl (C=O) groups is 1. The largest absolute Gasteiger partial charge is 0.359 e. The maximum absolute atomic E-state index is 11.6. The number of aromatic nitrogens is 2. The monoisotopic (exact) mass is 331 g/mol. The van der Waals surface area contributed by atoms with E-state index in [0.717, 1.165) is 31.2 Å². The van der Waals surface area contributed by atoms with Gasteiger partial charge in [-0.25, -0.2) is 10.2 Å². The van der Waals surface area contributed by atoms with Crippen LogP contribution in [-0.2, 0) is 0 Å². The third-order valence-corrected chi connectivity index (χ3v) is 3.36. The molecule has 0 unspecified atom stereocenters. The summed E-state index contributed by atoms with van der Waals surface area (Å²) >= 11 is 0. The first-order valence-corrected chi connectivity index (χ1v) is 7.94. The second kappa shape index (κ2) is 9.29. The first kappa shape index (κ1) is 17.5. The number of unbranched alkanes of at least 4 members (excludes halogenated alkanes) is 3. The van der Waals surface area contributed by atoms with Crippen molar-refractivity contribution >= 4 is 12.2 Å². The van der Waals surface area contributed by atoms with E-state index in [1.54, 1.807) is 12.1 Å². The standard InChI is InChI=1S/C16H21N5O3/c1-2-3-4-8-11-17-16(22)19-18-12-14-15(20-24-21(14)23)13-9-6-5-7-10-13/h5-7,9-10,12H,2-4,8,11H2,1H3,(H2,17,19,22)/b18-12+. The Hall–Kier alpha value is -2.90. The second-order valence-corrected chi connectivity index (χ2v) is 5.22. The molecule has 8 nitrogen and oxygen atoms in total. The Kier molecular flexibility index (Phi) is 6.75. The number of rotatable bonds is 8. The number of hydrazone groups is 1. The first-order chi connectivity index (χ1) is 11.7. The van der Waals surface area contributed by atoms with E-state index in [2.05, 4.69) is 32.6 Å². The van der Waals surface area contributed by atoms with Crippen LogP contribution in [-0.4, -0.2) is 23.9 Å². The molecule has 0 saturated carbocycles. The third kappa shape index (κ3) is 5.08. The number of nitrogens with one attached hydrogen (secondary N) is 2. The Morgan fingerprint density at radius 3 is 2.88 bits per heavy atom. The highest BCUT2D eigenvalue weighted by Crippen LogP contribution is 2.17. The van der Waals surface area contributed by atoms with Crippen molar-refractivity contribution in [2.75, 3.05) is 6.54 Å². The van der Waals surface area contributed by atoms with Gasteiger partial charge in [0, 0.05) is 17.3 Å². The number of carbonyl (C=O) groups excluding carboxylic acids is 1. The summed E-state index contributed by atoms with van der Waals surface area (Å²) in [5.41, 5.74) is 3.51. The summed E-state index contributed by atoms with van der Waals surface area (Å²) in [6, 6.07) is 8.68. The molecule has 24 heavy (non-hydrogen) atoms. The van der Waals surface area contributed by atoms with Crippen LogP contribution in [0.2, 0.25) is 0 Å². The third-order valence-electron chi connectivity index (χ3n) is 3.36. The van der Waals surface area contributed by atoms with Gasteiger partial charge in [0.15, 0.2) is 0 Å². The zero-order chi connectivity index (χ0) is 17.2. The predicted molar refractivity (Wildman–Crippen MR) is 89.2 cm³/mol. The zero-order valence-corrected chi connectivity index (χ0v) is 13.6. The van der Waals surface area contributed by atoms with Crippen molar-refractivity contribution in [2.45, 2.75) is 32.6 Å². The van der Waals surface area contributed by atoms with E-state index in [1.807, 2.05) is 18.2 Å². The number of amides is 2. The summed E-state index contributed by atoms with van der Waals surface area (Å²) in [7, 11) is 0. The van der Waals surface area contributed by atoms with Crippen LogP contribution in [0, 0.1) is 5.21 Å². The Balaban J connectivity index is 1.88. The molecule has 0 atom stereocenters. The lowest BCUT2D eigenvalue weighted by Crippen LogP contribution is -2.34. The number of hydrogen-bond donors (Lipinski definition) is 2. The SMILES string of the molecule is CCCCCCNC(=O)N/N=C/c1c(-c2ccccc2)no[n+]1[O-]. The number of hydrogen-bond acceptors (Lipinski definition) is 5. The summed E-state index contributed by atoms with van der Waals surface area (Å²) in [6.07, 6.45) is 5.52. The summed E-state index contributed by atoms with van der Waals surface area (Å²) < 4.78 is 4.60. The van der Waals surface area contributed by atoms with Crippen LogP contribution < -0.4 is 15.6 Å². The average Bonchev–Trinajstić information content (AvgIpc) is 2.96. The number of nitrogens with zero attached hydrogens (tertiary/aromatic N) is 3. The molecule has 8 heteroatoms. The quantitative estimate of drug-likeness (QED) is 0.334. The Bertz CT molecular complexity index is 670. The van der Waals surface area contributed by atoms with Crippen LogP contribution in [0.4, 0.5) is 4.79 Å². The molecule has 1 heterocycles. The summed E-state index contributed by atoms with van der Waals surface area (Å²) in [4.78, 5) is 11.8. The van der Waals surface area contributed by atoms with Crippen molar-refractivity contribution in [3.05, 3.63) is 41.2 Å². The maximum atomic E-state index is 11.6. The van der Waals surface area contributed by atoms with Crippen molar-refractivity contribution in [3.63, 3.8) is 0 Å². The molecule has 0 spiro atoms. The second-order valence-electron chi connectivity index (χ2n) is 5.22. The molecule has 128 valence electrons. The maximum Gasteiger partial charge on any atom is 0.335 e. The lowest BCUT2D eigenvalue weighted by molar-refractivity contribution is -0.803. The van der Waals surface area contributed by atoms with E-state index in [-0.39, 0.29) is 10.6 Å². The Morgan fingerprint density at radius 1 is 1.33 bits per heavy atom. The molecule has 0 aliphatic carbocycles. The van der Waals surface area contributed by atoms with Crippen LogP contribution in [0.3, 0.4) is 0 Å². The highest BCUT2D eigenvalue weighted by atomic mass is 16.8. The predicted octanol–water partition coefficient (Wildman–Crippen LogP) is 2.19. The molecule has 2 aromatic rings. The van der Waals surface area contributed by atoms with E-state index >= 15 is 0 Å². The molecule has 2 amide bonds. The van der Waals surface area contributed by atoms with E-state index in [1.165, 1.54) is 6.21 Å². The lowest BCUT2D eigenvalue weighted by Gasteiger charge is -2.03. The molecule has 2 rings (SSSR count). The van der Waals surface area contributed by atoms with Gasteiger partial charge in [-0.2, -0.15) is 5.10 Å². The Morgan fingerprint density at radius 2 is 2.12 bits per heavy atom. The molecule has 0 radical (unpaired) electrons. The van der Waals surface area contributed by atoms with E-state index in [4.69, 9.17) is 0 Å². The summed E-state index contributed by atoms with van der Waals surface area (Å²) in [6.45, 7) is 2.72. The smallest absolute Gasteiger partial charge is 0.335 e. The van der Waals surface area contributed by atoms with E-state index < -0.39 is 6.03 Å². The molecule has 2 N–H and O–H groups in total. The van der Waals surface area contributed by atoms with Gasteiger partial charge in [0.05, 0.1) is 0 Å². The minimum atomic E-state index is -0.419. The van der Waals surface area contributed by atoms with Gasteiger partial charge in [-0.3, -0.25) is 4.63 Å². The lowest BCUT2D eigenvalue weighted by atomic mass is 10.1. The highest BCUT2D eigenvalue weighted by Gasteiger charge is 2.19. The van der Waals surface area contributed by atoms with Gasteiger partial charge >= 0.3 is 6.03 Å². The fourth-order valence-corrected chi connectivity index (χ4v) is 2.11. The summed E-state index contributed by atoms with van der Waals surface area (Å²) in [5, 5.41) is 21.8. The number of urea groups is 1. The Labute approximate surface area is 140 Å². The van der Waals surface area contributed by atoms with E-state index in [0.29, 0.717) is 12.2 Å². The van der Waals surface area contributed by atoms with E-state index in [9.17, 15) is 10.0 Å². The molecule has 0 aliphatic heterocycles. The minimum absolute atomic E-state index is 0.115. The average molecular weight is 331 g/mol. The molecular formula is C16H21N5O3. The van der Waals surface area contributed by atoms with Crippen LogP contribution in [0.15, 0.2) is 40.1 Å². The van der Waals surface area contributed by atoms with Crippen LogP contribution in [0.25, 0.3) is 11.3 Å². The molecule has 0 aliphatic rings. The first-order valence-electron chi connectivity index (χ1n) is 7.94. The molecular weight excluding hydrogens is 310 g/mol. The van der Waals surface area contributed by atoms with Gasteiger partial charge in [0.25, 0.3) is 5.69 Å². The summed E-state index contributed by atoms with van der Waals surface area (Å²) in [5.74, 6) is 0. The van der Waals surface area contributed by atoms with Gasteiger partial charge in [0.1, 0.15) is 6.21 Å². The van der Waals surface area contributed by atoms with Crippen LogP contribution in [0.1, 0.15) is 38.3 Å². The van der Waals surface area contributed by atoms with Crippen molar-refractivity contribution in [3.8, 4) is 11.3 Å². The van der Waals surface area contributed by atoms with Crippen LogP contribution >= 0.6 is 0 Å². The molecule has 0 fully saturated rings. The van der Waals surface area contributed by atoms with Crippen molar-refractivity contribution < 1.29 is 14.3 Å². The molecule has 0 saturated heterocycles. The van der Waals surface area contributed by atoms with Crippen molar-refractivity contribution in [1.82, 2.24) is 15.9 Å². The number of benzene rings is 1. The van der Waals surface area contributed by atoms with Crippen molar-refractivity contribution in [1.29, 1.82) is 0 Å². The van der Waals surface area contributed by atoms with Gasteiger partial charge in [-0.1, -0.05) is 56.5 Å². The van der Waals surface area contributed by atoms with Gasteiger partial charge in [-0.15, -0.1) is 0 Å². The fraction of sp³-hybridized carbons (Fsp3) is 0.375. The van der Waals surface area contributed by atoms with Gasteiger partial charge in [0.2, 0.25) is 5.69 Å². The fourth-order valence-electron chi connectivity index (χ4n) is 2.11. The van der Waals surface area contributed by atoms with Crippen molar-refractivity contribution in [2.24, 2.45) is 5.10 Å². The minimum Gasteiger partial charge on any atom is -0.359 e. The molecule has 1 aromatic heterocycles.